The van der Waals surface area contributed by atoms with Crippen LogP contribution in [0, 0.1) is 23.7 Å². The van der Waals surface area contributed by atoms with Crippen molar-refractivity contribution in [2.75, 3.05) is 12.0 Å². The lowest BCUT2D eigenvalue weighted by molar-refractivity contribution is -0.123. The summed E-state index contributed by atoms with van der Waals surface area (Å²) in [5.41, 5.74) is 0.770. The summed E-state index contributed by atoms with van der Waals surface area (Å²) in [5.74, 6) is -0.960. The molecule has 7 heteroatoms. The highest BCUT2D eigenvalue weighted by atomic mass is 79.9. The van der Waals surface area contributed by atoms with E-state index >= 15 is 0 Å². The number of carbonyl (C=O) groups is 3. The predicted octanol–water partition coefficient (Wildman–Crippen LogP) is 2.76. The third-order valence-electron chi connectivity index (χ3n) is 5.51. The molecule has 4 rings (SSSR count). The lowest BCUT2D eigenvalue weighted by Crippen LogP contribution is -2.37. The molecular formula is C17H15Br2NO4. The van der Waals surface area contributed by atoms with Gasteiger partial charge in [-0.15, -0.1) is 0 Å². The second-order valence-corrected chi connectivity index (χ2v) is 8.67. The van der Waals surface area contributed by atoms with Gasteiger partial charge in [0.15, 0.2) is 0 Å². The van der Waals surface area contributed by atoms with E-state index in [1.165, 1.54) is 12.0 Å². The van der Waals surface area contributed by atoms with E-state index in [0.717, 1.165) is 6.42 Å². The van der Waals surface area contributed by atoms with Gasteiger partial charge in [-0.3, -0.25) is 14.5 Å². The van der Waals surface area contributed by atoms with Crippen LogP contribution in [0.25, 0.3) is 0 Å². The Kier molecular flexibility index (Phi) is 3.84. The van der Waals surface area contributed by atoms with Gasteiger partial charge < -0.3 is 4.74 Å². The maximum absolute atomic E-state index is 12.9. The Morgan fingerprint density at radius 1 is 1.12 bits per heavy atom. The largest absolute Gasteiger partial charge is 0.465 e. The van der Waals surface area contributed by atoms with E-state index in [4.69, 9.17) is 4.74 Å². The molecule has 1 aromatic carbocycles. The van der Waals surface area contributed by atoms with Crippen LogP contribution >= 0.6 is 31.9 Å². The van der Waals surface area contributed by atoms with Crippen LogP contribution < -0.4 is 4.90 Å². The van der Waals surface area contributed by atoms with Crippen LogP contribution in [0.1, 0.15) is 16.8 Å². The molecule has 3 aliphatic rings. The minimum absolute atomic E-state index is 0.150. The molecule has 1 saturated heterocycles. The third-order valence-corrected chi connectivity index (χ3v) is 8.72. The number of imide groups is 1. The molecule has 0 spiro atoms. The first-order chi connectivity index (χ1) is 11.5. The third kappa shape index (κ3) is 2.07. The van der Waals surface area contributed by atoms with Gasteiger partial charge >= 0.3 is 5.97 Å². The van der Waals surface area contributed by atoms with Crippen LogP contribution in [0.15, 0.2) is 24.3 Å². The van der Waals surface area contributed by atoms with Crippen LogP contribution in [-0.4, -0.2) is 34.5 Å². The first-order valence-electron chi connectivity index (χ1n) is 7.80. The molecule has 0 aromatic heterocycles. The van der Waals surface area contributed by atoms with Crippen molar-refractivity contribution in [3.63, 3.8) is 0 Å². The zero-order chi connectivity index (χ0) is 17.2. The van der Waals surface area contributed by atoms with Gasteiger partial charge in [-0.25, -0.2) is 4.79 Å². The molecule has 1 aromatic rings. The van der Waals surface area contributed by atoms with Gasteiger partial charge in [0.2, 0.25) is 11.8 Å². The van der Waals surface area contributed by atoms with Gasteiger partial charge in [-0.1, -0.05) is 37.9 Å². The quantitative estimate of drug-likeness (QED) is 0.390. The van der Waals surface area contributed by atoms with Gasteiger partial charge in [-0.2, -0.15) is 0 Å². The van der Waals surface area contributed by atoms with E-state index in [1.54, 1.807) is 24.3 Å². The highest BCUT2D eigenvalue weighted by molar-refractivity contribution is 9.12. The average Bonchev–Trinajstić information content (AvgIpc) is 3.19. The Bertz CT molecular complexity index is 720. The van der Waals surface area contributed by atoms with Crippen LogP contribution in [0.3, 0.4) is 0 Å². The van der Waals surface area contributed by atoms with Gasteiger partial charge in [0.25, 0.3) is 0 Å². The molecule has 24 heavy (non-hydrogen) atoms. The average molecular weight is 457 g/mol. The highest BCUT2D eigenvalue weighted by Gasteiger charge is 2.66. The number of ether oxygens (including phenoxy) is 1. The lowest BCUT2D eigenvalue weighted by Gasteiger charge is -2.28. The molecule has 5 nitrogen and oxygen atoms in total. The number of benzene rings is 1. The van der Waals surface area contributed by atoms with Crippen molar-refractivity contribution in [3.05, 3.63) is 29.8 Å². The Morgan fingerprint density at radius 2 is 1.71 bits per heavy atom. The molecule has 2 bridgehead atoms. The molecule has 6 atom stereocenters. The monoisotopic (exact) mass is 455 g/mol. The normalized spacial score (nSPS) is 37.0. The van der Waals surface area contributed by atoms with Gasteiger partial charge in [0.05, 0.1) is 30.2 Å². The Morgan fingerprint density at radius 3 is 2.25 bits per heavy atom. The Hall–Kier alpha value is -1.21. The number of rotatable bonds is 2. The summed E-state index contributed by atoms with van der Waals surface area (Å²) in [5, 5.41) is 0. The fourth-order valence-electron chi connectivity index (χ4n) is 4.49. The number of alkyl halides is 2. The number of amides is 2. The number of hydrogen-bond donors (Lipinski definition) is 0. The number of fused-ring (bicyclic) bond motifs is 5. The SMILES string of the molecule is COC(=O)c1cccc(N2C(=O)[C@@H]3[C@H]4C[C@H]([C@H](Br)[C@@H]4Br)[C@@H]3C2=O)c1. The number of halogens is 2. The predicted molar refractivity (Wildman–Crippen MR) is 94.3 cm³/mol. The van der Waals surface area contributed by atoms with Crippen LogP contribution in [0.2, 0.25) is 0 Å². The lowest BCUT2D eigenvalue weighted by atomic mass is 9.81. The van der Waals surface area contributed by atoms with Crippen LogP contribution in [0.5, 0.6) is 0 Å². The van der Waals surface area contributed by atoms with Crippen molar-refractivity contribution in [3.8, 4) is 0 Å². The molecule has 3 fully saturated rings. The van der Waals surface area contributed by atoms with Gasteiger partial charge in [0, 0.05) is 9.65 Å². The van der Waals surface area contributed by atoms with Crippen molar-refractivity contribution >= 4 is 55.3 Å². The molecule has 0 unspecified atom stereocenters. The fraction of sp³-hybridized carbons (Fsp3) is 0.471. The minimum Gasteiger partial charge on any atom is -0.465 e. The van der Waals surface area contributed by atoms with Crippen molar-refractivity contribution in [1.29, 1.82) is 0 Å². The van der Waals surface area contributed by atoms with E-state index in [0.29, 0.717) is 11.3 Å². The number of nitrogens with zero attached hydrogens (tertiary/aromatic N) is 1. The molecule has 2 saturated carbocycles. The second kappa shape index (κ2) is 5.66. The molecule has 1 aliphatic heterocycles. The zero-order valence-corrected chi connectivity index (χ0v) is 16.0. The number of anilines is 1. The highest BCUT2D eigenvalue weighted by Crippen LogP contribution is 2.60. The van der Waals surface area contributed by atoms with Gasteiger partial charge in [-0.05, 0) is 36.5 Å². The molecular weight excluding hydrogens is 442 g/mol. The van der Waals surface area contributed by atoms with Crippen LogP contribution in [-0.2, 0) is 14.3 Å². The zero-order valence-electron chi connectivity index (χ0n) is 12.8. The number of carbonyl (C=O) groups excluding carboxylic acids is 3. The van der Waals surface area contributed by atoms with Crippen molar-refractivity contribution in [1.82, 2.24) is 0 Å². The molecule has 2 aliphatic carbocycles. The second-order valence-electron chi connectivity index (χ2n) is 6.56. The van der Waals surface area contributed by atoms with E-state index in [1.807, 2.05) is 0 Å². The van der Waals surface area contributed by atoms with E-state index in [-0.39, 0.29) is 45.1 Å². The summed E-state index contributed by atoms with van der Waals surface area (Å²) in [6, 6.07) is 6.49. The molecule has 1 heterocycles. The number of methoxy groups -OCH3 is 1. The summed E-state index contributed by atoms with van der Waals surface area (Å²) in [7, 11) is 1.30. The standard InChI is InChI=1S/C17H15Br2NO4/c1-24-17(23)7-3-2-4-8(5-7)20-15(21)11-9-6-10(12(11)16(20)22)14(19)13(9)18/h2-5,9-14H,6H2,1H3/t9-,10+,11-,12+,13-,14+. The van der Waals surface area contributed by atoms with E-state index in [9.17, 15) is 14.4 Å². The molecule has 2 amide bonds. The maximum Gasteiger partial charge on any atom is 0.337 e. The topological polar surface area (TPSA) is 63.7 Å². The van der Waals surface area contributed by atoms with Crippen molar-refractivity contribution in [2.24, 2.45) is 23.7 Å². The summed E-state index contributed by atoms with van der Waals surface area (Å²) in [4.78, 5) is 39.3. The summed E-state index contributed by atoms with van der Waals surface area (Å²) < 4.78 is 4.71. The molecule has 0 N–H and O–H groups in total. The Balaban J connectivity index is 1.70. The summed E-state index contributed by atoms with van der Waals surface area (Å²) in [6.07, 6.45) is 0.898. The molecule has 126 valence electrons. The summed E-state index contributed by atoms with van der Waals surface area (Å²) >= 11 is 7.34. The van der Waals surface area contributed by atoms with Crippen molar-refractivity contribution < 1.29 is 19.1 Å². The number of esters is 1. The van der Waals surface area contributed by atoms with E-state index < -0.39 is 5.97 Å². The molecule has 0 radical (unpaired) electrons. The fourth-order valence-corrected chi connectivity index (χ4v) is 6.37. The minimum atomic E-state index is -0.489. The smallest absolute Gasteiger partial charge is 0.337 e. The van der Waals surface area contributed by atoms with E-state index in [2.05, 4.69) is 31.9 Å². The summed E-state index contributed by atoms with van der Waals surface area (Å²) in [6.45, 7) is 0. The Labute approximate surface area is 156 Å². The first kappa shape index (κ1) is 16.3. The van der Waals surface area contributed by atoms with Gasteiger partial charge in [0.1, 0.15) is 0 Å². The van der Waals surface area contributed by atoms with Crippen LogP contribution in [0.4, 0.5) is 5.69 Å². The number of hydrogen-bond acceptors (Lipinski definition) is 4. The first-order valence-corrected chi connectivity index (χ1v) is 9.63. The maximum atomic E-state index is 12.9. The van der Waals surface area contributed by atoms with Crippen molar-refractivity contribution in [2.45, 2.75) is 16.1 Å².